The van der Waals surface area contributed by atoms with Crippen LogP contribution in [0.1, 0.15) is 10.4 Å². The van der Waals surface area contributed by atoms with Crippen molar-refractivity contribution in [3.05, 3.63) is 29.8 Å². The van der Waals surface area contributed by atoms with Gasteiger partial charge in [0.2, 0.25) is 0 Å². The molecule has 0 spiro atoms. The largest absolute Gasteiger partial charge is 1.00 e. The van der Waals surface area contributed by atoms with Crippen LogP contribution in [-0.2, 0) is 9.30 Å². The number of rotatable bonds is 2. The van der Waals surface area contributed by atoms with Crippen LogP contribution in [0.2, 0.25) is 0 Å². The third-order valence-electron chi connectivity index (χ3n) is 1.60. The Kier molecular flexibility index (Phi) is 9.63. The number of methoxy groups -OCH3 is 1. The van der Waals surface area contributed by atoms with Crippen LogP contribution in [0.4, 0.5) is 0 Å². The van der Waals surface area contributed by atoms with Crippen LogP contribution in [0, 0.1) is 0 Å². The van der Waals surface area contributed by atoms with Gasteiger partial charge in [0.05, 0.1) is 12.7 Å². The Morgan fingerprint density at radius 1 is 1.19 bits per heavy atom. The predicted molar refractivity (Wildman–Crippen MR) is 45.0 cm³/mol. The van der Waals surface area contributed by atoms with E-state index >= 15 is 0 Å². The molecule has 0 amide bonds. The molecule has 0 aliphatic rings. The molecular weight excluding hydrogens is 253 g/mol. The third kappa shape index (κ3) is 5.45. The van der Waals surface area contributed by atoms with Gasteiger partial charge in [-0.1, -0.05) is 12.1 Å². The second-order valence-corrected chi connectivity index (χ2v) is 4.05. The number of hydrogen-bond acceptors (Lipinski definition) is 5. The van der Waals surface area contributed by atoms with Gasteiger partial charge < -0.3 is 19.1 Å². The van der Waals surface area contributed by atoms with E-state index in [1.807, 2.05) is 0 Å². The molecule has 1 aromatic rings. The summed E-state index contributed by atoms with van der Waals surface area (Å²) in [5, 5.41) is -0.342. The average Bonchev–Trinajstić information content (AvgIpc) is 2.15. The van der Waals surface area contributed by atoms with Gasteiger partial charge in [0.15, 0.2) is 0 Å². The van der Waals surface area contributed by atoms with Gasteiger partial charge in [-0.3, -0.25) is 0 Å². The molecular formula is C8H7Na2O5P. The molecule has 0 bridgehead atoms. The van der Waals surface area contributed by atoms with Crippen LogP contribution in [0.3, 0.4) is 0 Å². The molecule has 1 aromatic carbocycles. The average molecular weight is 260 g/mol. The van der Waals surface area contributed by atoms with Gasteiger partial charge in [-0.05, 0) is 25.0 Å². The monoisotopic (exact) mass is 260 g/mol. The molecule has 0 saturated heterocycles. The number of esters is 1. The SMILES string of the molecule is COC(=O)c1ccc(P(=O)([O-])[O-])cc1.[Na+].[Na+]. The molecule has 5 nitrogen and oxygen atoms in total. The number of ether oxygens (including phenoxy) is 1. The smallest absolute Gasteiger partial charge is 0.807 e. The van der Waals surface area contributed by atoms with Crippen molar-refractivity contribution in [1.82, 2.24) is 0 Å². The van der Waals surface area contributed by atoms with Crippen LogP contribution >= 0.6 is 7.60 Å². The normalized spacial score (nSPS) is 9.69. The summed E-state index contributed by atoms with van der Waals surface area (Å²) in [6, 6.07) is 4.60. The first-order chi connectivity index (χ1) is 6.45. The van der Waals surface area contributed by atoms with E-state index in [1.54, 1.807) is 0 Å². The quantitative estimate of drug-likeness (QED) is 0.299. The molecule has 0 unspecified atom stereocenters. The van der Waals surface area contributed by atoms with Crippen LogP contribution in [0.15, 0.2) is 24.3 Å². The van der Waals surface area contributed by atoms with Crippen LogP contribution in [0.25, 0.3) is 0 Å². The predicted octanol–water partition coefficient (Wildman–Crippen LogP) is -6.98. The molecule has 16 heavy (non-hydrogen) atoms. The summed E-state index contributed by atoms with van der Waals surface area (Å²) >= 11 is 0. The van der Waals surface area contributed by atoms with Crippen LogP contribution < -0.4 is 74.2 Å². The Bertz CT molecular complexity index is 386. The van der Waals surface area contributed by atoms with Crippen molar-refractivity contribution < 1.29 is 83.0 Å². The van der Waals surface area contributed by atoms with E-state index < -0.39 is 13.6 Å². The van der Waals surface area contributed by atoms with Gasteiger partial charge in [-0.25, -0.2) is 4.79 Å². The molecule has 0 aromatic heterocycles. The Morgan fingerprint density at radius 3 is 1.94 bits per heavy atom. The van der Waals surface area contributed by atoms with Crippen LogP contribution in [-0.4, -0.2) is 13.1 Å². The van der Waals surface area contributed by atoms with E-state index in [1.165, 1.54) is 19.2 Å². The zero-order valence-corrected chi connectivity index (χ0v) is 14.2. The molecule has 0 N–H and O–H groups in total. The van der Waals surface area contributed by atoms with Gasteiger partial charge in [-0.2, -0.15) is 0 Å². The minimum Gasteiger partial charge on any atom is -0.807 e. The molecule has 0 radical (unpaired) electrons. The Balaban J connectivity index is 0. The molecule has 0 atom stereocenters. The van der Waals surface area contributed by atoms with Gasteiger partial charge in [0, 0.05) is 0 Å². The summed E-state index contributed by atoms with van der Waals surface area (Å²) in [4.78, 5) is 32.0. The summed E-state index contributed by atoms with van der Waals surface area (Å²) in [5.41, 5.74) is 0.199. The molecule has 76 valence electrons. The Labute approximate surface area is 137 Å². The number of carbonyl (C=O) groups excluding carboxylic acids is 1. The van der Waals surface area contributed by atoms with E-state index in [4.69, 9.17) is 0 Å². The Hall–Kier alpha value is 0.840. The molecule has 0 aliphatic carbocycles. The first-order valence-corrected chi connectivity index (χ1v) is 5.20. The van der Waals surface area contributed by atoms with Gasteiger partial charge in [0.25, 0.3) is 0 Å². The molecule has 0 fully saturated rings. The van der Waals surface area contributed by atoms with Gasteiger partial charge >= 0.3 is 65.1 Å². The summed E-state index contributed by atoms with van der Waals surface area (Å²) in [7, 11) is -3.52. The zero-order valence-electron chi connectivity index (χ0n) is 9.30. The van der Waals surface area contributed by atoms with Crippen molar-refractivity contribution in [1.29, 1.82) is 0 Å². The number of carbonyl (C=O) groups is 1. The Morgan fingerprint density at radius 2 is 1.62 bits per heavy atom. The van der Waals surface area contributed by atoms with E-state index in [0.29, 0.717) is 0 Å². The van der Waals surface area contributed by atoms with E-state index in [0.717, 1.165) is 12.1 Å². The van der Waals surface area contributed by atoms with E-state index in [-0.39, 0.29) is 70.0 Å². The van der Waals surface area contributed by atoms with Crippen molar-refractivity contribution in [2.24, 2.45) is 0 Å². The third-order valence-corrected chi connectivity index (χ3v) is 2.54. The zero-order chi connectivity index (χ0) is 10.8. The number of hydrogen-bond donors (Lipinski definition) is 0. The van der Waals surface area contributed by atoms with E-state index in [9.17, 15) is 19.1 Å². The fourth-order valence-corrected chi connectivity index (χ4v) is 1.41. The standard InChI is InChI=1S/C8H9O5P.2Na/c1-13-8(9)6-2-4-7(5-3-6)14(10,11)12;;/h2-5H,1H3,(H2,10,11,12);;/q;2*+1/p-2. The summed E-state index contributed by atoms with van der Waals surface area (Å²) < 4.78 is 14.9. The minimum absolute atomic E-state index is 0. The minimum atomic E-state index is -4.73. The van der Waals surface area contributed by atoms with Crippen molar-refractivity contribution >= 4 is 18.9 Å². The fraction of sp³-hybridized carbons (Fsp3) is 0.125. The second kappa shape index (κ2) is 8.03. The molecule has 0 aliphatic heterocycles. The molecule has 8 heteroatoms. The first-order valence-electron chi connectivity index (χ1n) is 3.66. The van der Waals surface area contributed by atoms with Crippen molar-refractivity contribution in [2.75, 3.05) is 7.11 Å². The summed E-state index contributed by atoms with van der Waals surface area (Å²) in [5.74, 6) is -0.580. The van der Waals surface area contributed by atoms with Crippen molar-refractivity contribution in [3.8, 4) is 0 Å². The topological polar surface area (TPSA) is 89.5 Å². The maximum absolute atomic E-state index is 10.9. The van der Waals surface area contributed by atoms with E-state index in [2.05, 4.69) is 4.74 Å². The molecule has 1 rings (SSSR count). The van der Waals surface area contributed by atoms with Crippen molar-refractivity contribution in [3.63, 3.8) is 0 Å². The summed E-state index contributed by atoms with van der Waals surface area (Å²) in [6.07, 6.45) is 0. The fourth-order valence-electron chi connectivity index (χ4n) is 0.898. The molecule has 0 heterocycles. The maximum atomic E-state index is 10.9. The maximum Gasteiger partial charge on any atom is 1.00 e. The van der Waals surface area contributed by atoms with Crippen LogP contribution in [0.5, 0.6) is 0 Å². The van der Waals surface area contributed by atoms with Crippen molar-refractivity contribution in [2.45, 2.75) is 0 Å². The first kappa shape index (κ1) is 19.2. The van der Waals surface area contributed by atoms with Gasteiger partial charge in [-0.15, -0.1) is 0 Å². The second-order valence-electron chi connectivity index (χ2n) is 2.54. The summed E-state index contributed by atoms with van der Waals surface area (Å²) in [6.45, 7) is 0. The number of benzene rings is 1. The molecule has 0 saturated carbocycles. The van der Waals surface area contributed by atoms with Gasteiger partial charge in [0.1, 0.15) is 0 Å².